The first-order valence-corrected chi connectivity index (χ1v) is 9.81. The highest BCUT2D eigenvalue weighted by Crippen LogP contribution is 2.29. The summed E-state index contributed by atoms with van der Waals surface area (Å²) in [5, 5.41) is 0.157. The number of carbonyl (C=O) groups excluding carboxylic acids is 3. The van der Waals surface area contributed by atoms with Crippen LogP contribution in [0.1, 0.15) is 28.0 Å². The Kier molecular flexibility index (Phi) is 7.36. The summed E-state index contributed by atoms with van der Waals surface area (Å²) in [6, 6.07) is 0. The van der Waals surface area contributed by atoms with Gasteiger partial charge in [-0.1, -0.05) is 0 Å². The average molecular weight is 414 g/mol. The Morgan fingerprint density at radius 1 is 1.19 bits per heavy atom. The van der Waals surface area contributed by atoms with Gasteiger partial charge in [0.1, 0.15) is 15.5 Å². The Morgan fingerprint density at radius 2 is 1.93 bits per heavy atom. The summed E-state index contributed by atoms with van der Waals surface area (Å²) in [4.78, 5) is 55.0. The maximum Gasteiger partial charge on any atom is 0.348 e. The number of thiophene rings is 1. The molecular formula is C16H18N2O7S2. The number of ether oxygens (including phenoxy) is 3. The van der Waals surface area contributed by atoms with Crippen LogP contribution in [0.15, 0.2) is 4.79 Å². The van der Waals surface area contributed by atoms with Crippen LogP contribution < -0.4 is 5.56 Å². The summed E-state index contributed by atoms with van der Waals surface area (Å²) in [7, 11) is 2.43. The lowest BCUT2D eigenvalue weighted by Gasteiger charge is -2.03. The number of fused-ring (bicyclic) bond motifs is 1. The molecule has 2 aromatic heterocycles. The minimum absolute atomic E-state index is 0.126. The fourth-order valence-electron chi connectivity index (χ4n) is 2.25. The van der Waals surface area contributed by atoms with Crippen LogP contribution in [0.2, 0.25) is 0 Å². The van der Waals surface area contributed by atoms with Gasteiger partial charge in [-0.25, -0.2) is 9.78 Å². The number of aromatic nitrogens is 2. The molecule has 0 aliphatic rings. The number of thioether (sulfide) groups is 1. The molecule has 2 aromatic rings. The molecule has 0 spiro atoms. The van der Waals surface area contributed by atoms with Gasteiger partial charge < -0.3 is 19.2 Å². The molecule has 2 rings (SSSR count). The quantitative estimate of drug-likeness (QED) is 0.502. The largest absolute Gasteiger partial charge is 0.469 e. The average Bonchev–Trinajstić information content (AvgIpc) is 2.99. The van der Waals surface area contributed by atoms with Crippen molar-refractivity contribution >= 4 is 51.2 Å². The van der Waals surface area contributed by atoms with Gasteiger partial charge in [-0.05, 0) is 6.92 Å². The fraction of sp³-hybridized carbons (Fsp3) is 0.438. The van der Waals surface area contributed by atoms with E-state index in [4.69, 9.17) is 9.47 Å². The number of hydrogen-bond donors (Lipinski definition) is 1. The van der Waals surface area contributed by atoms with E-state index in [0.29, 0.717) is 17.3 Å². The molecule has 0 saturated carbocycles. The smallest absolute Gasteiger partial charge is 0.348 e. The van der Waals surface area contributed by atoms with Crippen LogP contribution in [0.3, 0.4) is 0 Å². The summed E-state index contributed by atoms with van der Waals surface area (Å²) in [5.74, 6) is -0.842. The lowest BCUT2D eigenvalue weighted by molar-refractivity contribution is -0.140. The van der Waals surface area contributed by atoms with Crippen LogP contribution in [0.5, 0.6) is 0 Å². The molecule has 0 fully saturated rings. The van der Waals surface area contributed by atoms with E-state index in [0.717, 1.165) is 11.3 Å². The minimum atomic E-state index is -0.658. The molecule has 0 aromatic carbocycles. The molecule has 27 heavy (non-hydrogen) atoms. The van der Waals surface area contributed by atoms with Crippen molar-refractivity contribution in [2.24, 2.45) is 0 Å². The highest BCUT2D eigenvalue weighted by atomic mass is 32.2. The topological polar surface area (TPSA) is 125 Å². The molecule has 0 unspecified atom stereocenters. The second kappa shape index (κ2) is 9.51. The van der Waals surface area contributed by atoms with Crippen LogP contribution in [-0.4, -0.2) is 54.5 Å². The van der Waals surface area contributed by atoms with Crippen molar-refractivity contribution in [2.75, 3.05) is 26.6 Å². The first-order valence-electron chi connectivity index (χ1n) is 7.84. The number of methoxy groups -OCH3 is 2. The first-order chi connectivity index (χ1) is 12.9. The van der Waals surface area contributed by atoms with Crippen molar-refractivity contribution in [1.82, 2.24) is 9.97 Å². The number of nitrogens with one attached hydrogen (secondary N) is 1. The Morgan fingerprint density at radius 3 is 2.56 bits per heavy atom. The first kappa shape index (κ1) is 20.9. The van der Waals surface area contributed by atoms with E-state index in [2.05, 4.69) is 14.7 Å². The molecule has 1 N–H and O–H groups in total. The van der Waals surface area contributed by atoms with E-state index < -0.39 is 17.5 Å². The molecule has 0 saturated heterocycles. The van der Waals surface area contributed by atoms with E-state index in [1.54, 1.807) is 6.92 Å². The van der Waals surface area contributed by atoms with Gasteiger partial charge in [0.15, 0.2) is 0 Å². The van der Waals surface area contributed by atoms with Gasteiger partial charge in [0.05, 0.1) is 44.1 Å². The number of aromatic amines is 1. The van der Waals surface area contributed by atoms with Gasteiger partial charge in [0.25, 0.3) is 5.56 Å². The Bertz CT molecular complexity index is 919. The van der Waals surface area contributed by atoms with Crippen molar-refractivity contribution < 1.29 is 28.6 Å². The third-order valence-corrected chi connectivity index (χ3v) is 5.42. The predicted octanol–water partition coefficient (Wildman–Crippen LogP) is 1.28. The number of rotatable bonds is 8. The predicted molar refractivity (Wildman–Crippen MR) is 100 cm³/mol. The fourth-order valence-corrected chi connectivity index (χ4v) is 4.07. The van der Waals surface area contributed by atoms with Gasteiger partial charge in [-0.3, -0.25) is 14.4 Å². The second-order valence-electron chi connectivity index (χ2n) is 5.14. The SMILES string of the molecule is CCOC(=O)CSCc1nc2sc(C(=O)OC)c(CC(=O)OC)c2c(=O)[nH]1. The Hall–Kier alpha value is -2.40. The van der Waals surface area contributed by atoms with Crippen molar-refractivity contribution in [3.8, 4) is 0 Å². The molecular weight excluding hydrogens is 396 g/mol. The molecule has 146 valence electrons. The van der Waals surface area contributed by atoms with E-state index in [1.807, 2.05) is 0 Å². The molecule has 9 nitrogen and oxygen atoms in total. The summed E-state index contributed by atoms with van der Waals surface area (Å²) in [5.41, 5.74) is -0.245. The number of nitrogens with zero attached hydrogens (tertiary/aromatic N) is 1. The van der Waals surface area contributed by atoms with Crippen LogP contribution in [0, 0.1) is 0 Å². The van der Waals surface area contributed by atoms with Crippen molar-refractivity contribution in [1.29, 1.82) is 0 Å². The van der Waals surface area contributed by atoms with Gasteiger partial charge in [0, 0.05) is 5.56 Å². The number of esters is 3. The highest BCUT2D eigenvalue weighted by Gasteiger charge is 2.24. The van der Waals surface area contributed by atoms with Gasteiger partial charge in [-0.15, -0.1) is 23.1 Å². The second-order valence-corrected chi connectivity index (χ2v) is 7.13. The Balaban J connectivity index is 2.36. The lowest BCUT2D eigenvalue weighted by Crippen LogP contribution is -2.15. The molecule has 0 atom stereocenters. The number of H-pyrrole nitrogens is 1. The van der Waals surface area contributed by atoms with Crippen molar-refractivity contribution in [3.05, 3.63) is 26.6 Å². The molecule has 0 amide bonds. The third-order valence-electron chi connectivity index (χ3n) is 3.39. The summed E-state index contributed by atoms with van der Waals surface area (Å²) < 4.78 is 14.2. The van der Waals surface area contributed by atoms with Crippen LogP contribution >= 0.6 is 23.1 Å². The van der Waals surface area contributed by atoms with E-state index in [9.17, 15) is 19.2 Å². The van der Waals surface area contributed by atoms with Crippen molar-refractivity contribution in [3.63, 3.8) is 0 Å². The van der Waals surface area contributed by atoms with Crippen LogP contribution in [-0.2, 0) is 36.0 Å². The van der Waals surface area contributed by atoms with E-state index in [1.165, 1.54) is 26.0 Å². The standard InChI is InChI=1S/C16H18N2O7S2/c1-4-25-11(20)7-26-6-9-17-14(21)12-8(5-10(19)23-2)13(16(22)24-3)27-15(12)18-9/h4-7H2,1-3H3,(H,17,18,21). The normalized spacial score (nSPS) is 10.6. The van der Waals surface area contributed by atoms with Crippen molar-refractivity contribution in [2.45, 2.75) is 19.1 Å². The molecule has 11 heteroatoms. The van der Waals surface area contributed by atoms with E-state index >= 15 is 0 Å². The molecule has 0 aliphatic heterocycles. The third kappa shape index (κ3) is 5.07. The maximum atomic E-state index is 12.5. The zero-order valence-electron chi connectivity index (χ0n) is 14.9. The van der Waals surface area contributed by atoms with E-state index in [-0.39, 0.29) is 39.7 Å². The molecule has 0 aliphatic carbocycles. The summed E-state index contributed by atoms with van der Waals surface area (Å²) in [6.45, 7) is 2.02. The lowest BCUT2D eigenvalue weighted by atomic mass is 10.1. The van der Waals surface area contributed by atoms with Gasteiger partial charge in [0.2, 0.25) is 0 Å². The van der Waals surface area contributed by atoms with Gasteiger partial charge in [-0.2, -0.15) is 0 Å². The number of carbonyl (C=O) groups is 3. The van der Waals surface area contributed by atoms with Crippen LogP contribution in [0.4, 0.5) is 0 Å². The Labute approximate surface area is 162 Å². The van der Waals surface area contributed by atoms with Gasteiger partial charge >= 0.3 is 17.9 Å². The molecule has 0 bridgehead atoms. The maximum absolute atomic E-state index is 12.5. The molecule has 0 radical (unpaired) electrons. The minimum Gasteiger partial charge on any atom is -0.469 e. The highest BCUT2D eigenvalue weighted by molar-refractivity contribution is 7.99. The summed E-state index contributed by atoms with van der Waals surface area (Å²) in [6.07, 6.45) is -0.247. The summed E-state index contributed by atoms with van der Waals surface area (Å²) >= 11 is 2.21. The zero-order chi connectivity index (χ0) is 20.0. The number of hydrogen-bond acceptors (Lipinski definition) is 10. The molecule has 2 heterocycles. The zero-order valence-corrected chi connectivity index (χ0v) is 16.6. The van der Waals surface area contributed by atoms with Crippen LogP contribution in [0.25, 0.3) is 10.2 Å². The monoisotopic (exact) mass is 414 g/mol.